The maximum Gasteiger partial charge on any atom is 0.304 e. The molecule has 11 atom stereocenters. The molecule has 0 aromatic heterocycles. The molecule has 1 heterocycles. The molecule has 4 saturated carbocycles. The quantitative estimate of drug-likeness (QED) is 0.253. The van der Waals surface area contributed by atoms with Crippen molar-refractivity contribution >= 4 is 23.5 Å². The summed E-state index contributed by atoms with van der Waals surface area (Å²) in [6.45, 7) is 12.7. The highest BCUT2D eigenvalue weighted by molar-refractivity contribution is 6.25. The highest BCUT2D eigenvalue weighted by Crippen LogP contribution is 2.74. The van der Waals surface area contributed by atoms with Gasteiger partial charge in [-0.25, -0.2) is 0 Å². The maximum atomic E-state index is 12.2. The summed E-state index contributed by atoms with van der Waals surface area (Å²) in [4.78, 5) is 23.3. The van der Waals surface area contributed by atoms with Gasteiger partial charge in [0.25, 0.3) is 0 Å². The van der Waals surface area contributed by atoms with Crippen LogP contribution in [0.25, 0.3) is 0 Å². The van der Waals surface area contributed by atoms with Gasteiger partial charge in [-0.15, -0.1) is 11.6 Å². The van der Waals surface area contributed by atoms with Crippen molar-refractivity contribution in [3.8, 4) is 0 Å². The highest BCUT2D eigenvalue weighted by Gasteiger charge is 2.77. The summed E-state index contributed by atoms with van der Waals surface area (Å²) in [6.07, 6.45) is 11.0. The summed E-state index contributed by atoms with van der Waals surface area (Å²) in [7, 11) is 0. The van der Waals surface area contributed by atoms with Gasteiger partial charge in [0.1, 0.15) is 6.10 Å². The molecular formula is C31H49ClO5. The van der Waals surface area contributed by atoms with Gasteiger partial charge in [-0.1, -0.05) is 47.0 Å². The van der Waals surface area contributed by atoms with Gasteiger partial charge in [0, 0.05) is 20.3 Å². The van der Waals surface area contributed by atoms with Crippen molar-refractivity contribution in [2.24, 2.45) is 46.3 Å². The molecule has 0 aromatic rings. The lowest BCUT2D eigenvalue weighted by Gasteiger charge is -2.62. The van der Waals surface area contributed by atoms with Crippen molar-refractivity contribution in [3.05, 3.63) is 0 Å². The van der Waals surface area contributed by atoms with Crippen molar-refractivity contribution in [1.29, 1.82) is 0 Å². The summed E-state index contributed by atoms with van der Waals surface area (Å²) in [5, 5.41) is 0. The van der Waals surface area contributed by atoms with E-state index in [9.17, 15) is 9.59 Å². The van der Waals surface area contributed by atoms with Crippen LogP contribution in [0.15, 0.2) is 0 Å². The molecular weight excluding hydrogens is 488 g/mol. The number of alkyl halides is 1. The Balaban J connectivity index is 1.41. The van der Waals surface area contributed by atoms with Crippen LogP contribution in [0.2, 0.25) is 0 Å². The molecule has 0 spiro atoms. The zero-order valence-corrected chi connectivity index (χ0v) is 24.6. The fraction of sp³-hybridized carbons (Fsp3) is 0.935. The molecule has 210 valence electrons. The lowest BCUT2D eigenvalue weighted by molar-refractivity contribution is -0.203. The Morgan fingerprint density at radius 3 is 2.38 bits per heavy atom. The van der Waals surface area contributed by atoms with Crippen LogP contribution in [0.1, 0.15) is 112 Å². The molecule has 1 aliphatic heterocycles. The second kappa shape index (κ2) is 9.98. The molecule has 5 nitrogen and oxygen atoms in total. The van der Waals surface area contributed by atoms with Gasteiger partial charge in [-0.2, -0.15) is 0 Å². The average Bonchev–Trinajstić information content (AvgIpc) is 3.20. The molecule has 5 rings (SSSR count). The van der Waals surface area contributed by atoms with Crippen molar-refractivity contribution in [2.75, 3.05) is 0 Å². The Hall–Kier alpha value is -0.810. The summed E-state index contributed by atoms with van der Waals surface area (Å²) in [5.74, 6) is 3.37. The van der Waals surface area contributed by atoms with Crippen LogP contribution in [-0.4, -0.2) is 35.3 Å². The lowest BCUT2D eigenvalue weighted by atomic mass is 9.43. The molecule has 6 heteroatoms. The number of fused-ring (bicyclic) bond motifs is 3. The van der Waals surface area contributed by atoms with Gasteiger partial charge >= 0.3 is 11.9 Å². The van der Waals surface area contributed by atoms with E-state index in [1.165, 1.54) is 52.4 Å². The largest absolute Gasteiger partial charge is 0.462 e. The van der Waals surface area contributed by atoms with Gasteiger partial charge < -0.3 is 14.2 Å². The van der Waals surface area contributed by atoms with Crippen molar-refractivity contribution < 1.29 is 23.8 Å². The topological polar surface area (TPSA) is 61.8 Å². The molecule has 0 N–H and O–H groups in total. The zero-order valence-electron chi connectivity index (χ0n) is 23.9. The Kier molecular flexibility index (Phi) is 7.49. The van der Waals surface area contributed by atoms with Crippen LogP contribution in [0.4, 0.5) is 0 Å². The number of carbonyl (C=O) groups is 2. The van der Waals surface area contributed by atoms with Crippen molar-refractivity contribution in [3.63, 3.8) is 0 Å². The molecule has 0 aromatic carbocycles. The van der Waals surface area contributed by atoms with Crippen LogP contribution >= 0.6 is 11.6 Å². The van der Waals surface area contributed by atoms with Gasteiger partial charge in [-0.05, 0) is 85.9 Å². The fourth-order valence-corrected chi connectivity index (χ4v) is 11.0. The summed E-state index contributed by atoms with van der Waals surface area (Å²) in [6, 6.07) is 0. The number of hydrogen-bond acceptors (Lipinski definition) is 5. The van der Waals surface area contributed by atoms with Crippen LogP contribution < -0.4 is 0 Å². The second-order valence-electron chi connectivity index (χ2n) is 14.1. The first-order valence-corrected chi connectivity index (χ1v) is 15.5. The van der Waals surface area contributed by atoms with E-state index in [1.54, 1.807) is 0 Å². The van der Waals surface area contributed by atoms with E-state index >= 15 is 0 Å². The number of halogens is 1. The minimum absolute atomic E-state index is 0.178. The Morgan fingerprint density at radius 1 is 0.973 bits per heavy atom. The normalized spacial score (nSPS) is 47.1. The first-order chi connectivity index (χ1) is 17.4. The lowest BCUT2D eigenvalue weighted by Crippen LogP contribution is -2.65. The van der Waals surface area contributed by atoms with E-state index in [0.29, 0.717) is 29.6 Å². The molecule has 0 amide bonds. The molecule has 4 aliphatic carbocycles. The molecule has 1 saturated heterocycles. The van der Waals surface area contributed by atoms with E-state index in [4.69, 9.17) is 25.8 Å². The fourth-order valence-electron chi connectivity index (χ4n) is 10.4. The molecule has 37 heavy (non-hydrogen) atoms. The molecule has 0 unspecified atom stereocenters. The first-order valence-electron chi connectivity index (χ1n) is 15.1. The molecule has 5 fully saturated rings. The van der Waals surface area contributed by atoms with Gasteiger partial charge in [0.05, 0.1) is 16.4 Å². The van der Waals surface area contributed by atoms with Gasteiger partial charge in [0.15, 0.2) is 0 Å². The number of carbonyl (C=O) groups excluding carboxylic acids is 2. The van der Waals surface area contributed by atoms with Gasteiger partial charge in [0.2, 0.25) is 6.29 Å². The van der Waals surface area contributed by atoms with E-state index in [2.05, 4.69) is 27.7 Å². The minimum atomic E-state index is -0.664. The van der Waals surface area contributed by atoms with E-state index < -0.39 is 16.6 Å². The third kappa shape index (κ3) is 4.37. The smallest absolute Gasteiger partial charge is 0.304 e. The number of esters is 2. The highest BCUT2D eigenvalue weighted by atomic mass is 35.5. The van der Waals surface area contributed by atoms with Gasteiger partial charge in [-0.3, -0.25) is 9.59 Å². The third-order valence-corrected chi connectivity index (χ3v) is 12.5. The summed E-state index contributed by atoms with van der Waals surface area (Å²) < 4.78 is 18.2. The molecule has 2 bridgehead atoms. The van der Waals surface area contributed by atoms with Crippen LogP contribution in [0.3, 0.4) is 0 Å². The maximum absolute atomic E-state index is 12.2. The van der Waals surface area contributed by atoms with Crippen molar-refractivity contribution in [2.45, 2.75) is 136 Å². The second-order valence-corrected chi connectivity index (χ2v) is 14.8. The van der Waals surface area contributed by atoms with Crippen LogP contribution in [0.5, 0.6) is 0 Å². The van der Waals surface area contributed by atoms with E-state index in [1.807, 2.05) is 0 Å². The Morgan fingerprint density at radius 2 is 1.70 bits per heavy atom. The van der Waals surface area contributed by atoms with E-state index in [0.717, 1.165) is 43.4 Å². The molecule has 0 radical (unpaired) electrons. The third-order valence-electron chi connectivity index (χ3n) is 11.8. The minimum Gasteiger partial charge on any atom is -0.462 e. The number of rotatable bonds is 7. The monoisotopic (exact) mass is 536 g/mol. The first kappa shape index (κ1) is 27.7. The Bertz CT molecular complexity index is 891. The number of hydrogen-bond donors (Lipinski definition) is 0. The van der Waals surface area contributed by atoms with E-state index in [-0.39, 0.29) is 24.1 Å². The van der Waals surface area contributed by atoms with Crippen molar-refractivity contribution in [1.82, 2.24) is 0 Å². The average molecular weight is 537 g/mol. The number of ether oxygens (including phenoxy) is 3. The summed E-state index contributed by atoms with van der Waals surface area (Å²) in [5.41, 5.74) is -0.0422. The standard InChI is InChI=1S/C31H49ClO5/c1-18(2)8-7-9-19(3)24-10-11-25-23-16-27-31(32)17-22(35-20(4)33)12-15-30(31,28(37-27)36-21(5)34)26(23)13-14-29(24,25)6/h18-19,22-28H,7-17H2,1-6H3/t19-,22-,23+,24-,25+,26+,27+,28+,29+,30-,31-/m0/s1. The predicted octanol–water partition coefficient (Wildman–Crippen LogP) is 7.28. The van der Waals surface area contributed by atoms with Crippen LogP contribution in [-0.2, 0) is 23.8 Å². The zero-order chi connectivity index (χ0) is 26.8. The van der Waals surface area contributed by atoms with Crippen LogP contribution in [0, 0.1) is 46.3 Å². The summed E-state index contributed by atoms with van der Waals surface area (Å²) >= 11 is 7.64. The Labute approximate surface area is 229 Å². The SMILES string of the molecule is CC(=O)O[C@H]1CC[C@@]23[C@H](OC(C)=O)O[C@H](C[C@@H]4[C@H]5CC[C@@H]([C@@H](C)CCCC(C)C)[C@@]5(C)CC[C@H]42)[C@@]3(Cl)C1. The molecule has 5 aliphatic rings. The predicted molar refractivity (Wildman–Crippen MR) is 144 cm³/mol.